The first-order chi connectivity index (χ1) is 25.8. The van der Waals surface area contributed by atoms with E-state index in [1.54, 1.807) is 0 Å². The number of fused-ring (bicyclic) bond motifs is 17. The SMILES string of the molecule is c1ccc2c(c1)-c1ccccc1C21c2ccccc2-c2c1ccc1c(-c3ccc(-c4cccc5c4oc4ccccc45)cc3)nc3ccccc3c21. The summed E-state index contributed by atoms with van der Waals surface area (Å²) in [7, 11) is 0. The quantitative estimate of drug-likeness (QED) is 0.173. The van der Waals surface area contributed by atoms with Crippen LogP contribution in [0, 0.1) is 0 Å². The molecule has 2 nitrogen and oxygen atoms in total. The highest BCUT2D eigenvalue weighted by molar-refractivity contribution is 6.20. The number of nitrogens with zero attached hydrogens (tertiary/aromatic N) is 1. The highest BCUT2D eigenvalue weighted by Crippen LogP contribution is 2.64. The molecule has 0 N–H and O–H groups in total. The Labute approximate surface area is 300 Å². The van der Waals surface area contributed by atoms with Gasteiger partial charge in [-0.2, -0.15) is 0 Å². The van der Waals surface area contributed by atoms with Gasteiger partial charge in [-0.3, -0.25) is 0 Å². The zero-order valence-corrected chi connectivity index (χ0v) is 28.1. The lowest BCUT2D eigenvalue weighted by atomic mass is 9.70. The van der Waals surface area contributed by atoms with Gasteiger partial charge in [0.25, 0.3) is 0 Å². The molecule has 2 heteroatoms. The van der Waals surface area contributed by atoms with Crippen molar-refractivity contribution in [1.29, 1.82) is 0 Å². The first kappa shape index (κ1) is 28.0. The average Bonchev–Trinajstić information content (AvgIpc) is 3.85. The van der Waals surface area contributed by atoms with Crippen LogP contribution in [0.4, 0.5) is 0 Å². The number of aromatic nitrogens is 1. The molecule has 2 aliphatic carbocycles. The molecule has 2 heterocycles. The minimum Gasteiger partial charge on any atom is -0.455 e. The van der Waals surface area contributed by atoms with E-state index in [0.717, 1.165) is 55.2 Å². The molecule has 0 radical (unpaired) electrons. The van der Waals surface area contributed by atoms with E-state index in [4.69, 9.17) is 9.40 Å². The van der Waals surface area contributed by atoms with Crippen LogP contribution in [0.2, 0.25) is 0 Å². The van der Waals surface area contributed by atoms with Crippen molar-refractivity contribution < 1.29 is 4.42 Å². The van der Waals surface area contributed by atoms with Crippen molar-refractivity contribution in [3.63, 3.8) is 0 Å². The largest absolute Gasteiger partial charge is 0.455 e. The molecule has 2 aliphatic rings. The van der Waals surface area contributed by atoms with Crippen molar-refractivity contribution in [2.45, 2.75) is 5.41 Å². The van der Waals surface area contributed by atoms with Crippen molar-refractivity contribution >= 4 is 43.6 Å². The molecular formula is C50H29NO. The van der Waals surface area contributed by atoms with Gasteiger partial charge in [-0.05, 0) is 62.2 Å². The first-order valence-electron chi connectivity index (χ1n) is 18.0. The van der Waals surface area contributed by atoms with Crippen LogP contribution in [0.3, 0.4) is 0 Å². The van der Waals surface area contributed by atoms with E-state index >= 15 is 0 Å². The molecule has 0 saturated heterocycles. The third-order valence-electron chi connectivity index (χ3n) is 11.7. The van der Waals surface area contributed by atoms with Gasteiger partial charge in [0.05, 0.1) is 16.6 Å². The van der Waals surface area contributed by atoms with Gasteiger partial charge in [0, 0.05) is 38.1 Å². The third kappa shape index (κ3) is 3.46. The number of benzene rings is 8. The summed E-state index contributed by atoms with van der Waals surface area (Å²) in [5.41, 5.74) is 17.4. The summed E-state index contributed by atoms with van der Waals surface area (Å²) in [5, 5.41) is 5.89. The number of furan rings is 1. The molecule has 1 spiro atoms. The Bertz CT molecular complexity index is 3080. The third-order valence-corrected chi connectivity index (χ3v) is 11.7. The van der Waals surface area contributed by atoms with Gasteiger partial charge in [0.1, 0.15) is 11.2 Å². The van der Waals surface area contributed by atoms with E-state index < -0.39 is 5.41 Å². The van der Waals surface area contributed by atoms with Gasteiger partial charge in [-0.1, -0.05) is 164 Å². The highest BCUT2D eigenvalue weighted by atomic mass is 16.3. The minimum atomic E-state index is -0.392. The standard InChI is InChI=1S/C50H29NO/c1-6-19-40-33(12-1)34-13-2-7-20-41(34)50(40)42-21-8-3-15-37(42)47-43(50)29-28-39-46(47)38-16-4-9-22-44(38)51-48(39)31-26-24-30(25-27-31)32-17-11-18-36-35-14-5-10-23-45(35)52-49(32)36/h1-29H. The second kappa shape index (κ2) is 10.2. The minimum absolute atomic E-state index is 0.392. The van der Waals surface area contributed by atoms with Crippen LogP contribution in [-0.4, -0.2) is 4.98 Å². The molecule has 0 aliphatic heterocycles. The van der Waals surface area contributed by atoms with E-state index in [-0.39, 0.29) is 0 Å². The molecule has 2 aromatic heterocycles. The zero-order chi connectivity index (χ0) is 34.0. The number of hydrogen-bond acceptors (Lipinski definition) is 2. The predicted molar refractivity (Wildman–Crippen MR) is 214 cm³/mol. The molecule has 10 aromatic rings. The summed E-state index contributed by atoms with van der Waals surface area (Å²) >= 11 is 0. The first-order valence-corrected chi connectivity index (χ1v) is 18.0. The van der Waals surface area contributed by atoms with E-state index in [1.807, 2.05) is 12.1 Å². The van der Waals surface area contributed by atoms with E-state index in [0.29, 0.717) is 0 Å². The van der Waals surface area contributed by atoms with Gasteiger partial charge in [-0.15, -0.1) is 0 Å². The molecule has 52 heavy (non-hydrogen) atoms. The maximum absolute atomic E-state index is 6.40. The van der Waals surface area contributed by atoms with Gasteiger partial charge >= 0.3 is 0 Å². The topological polar surface area (TPSA) is 26.0 Å². The summed E-state index contributed by atoms with van der Waals surface area (Å²) in [6.45, 7) is 0. The summed E-state index contributed by atoms with van der Waals surface area (Å²) in [5.74, 6) is 0. The lowest BCUT2D eigenvalue weighted by molar-refractivity contribution is 0.670. The van der Waals surface area contributed by atoms with Crippen molar-refractivity contribution in [2.75, 3.05) is 0 Å². The Kier molecular flexibility index (Phi) is 5.46. The Balaban J connectivity index is 1.12. The van der Waals surface area contributed by atoms with E-state index in [9.17, 15) is 0 Å². The Morgan fingerprint density at radius 3 is 1.73 bits per heavy atom. The van der Waals surface area contributed by atoms with Crippen LogP contribution < -0.4 is 0 Å². The molecule has 0 fully saturated rings. The lowest BCUT2D eigenvalue weighted by Gasteiger charge is -2.30. The average molecular weight is 660 g/mol. The van der Waals surface area contributed by atoms with Crippen molar-refractivity contribution in [3.05, 3.63) is 198 Å². The van der Waals surface area contributed by atoms with Crippen LogP contribution in [-0.2, 0) is 5.41 Å². The van der Waals surface area contributed by atoms with E-state index in [2.05, 4.69) is 164 Å². The molecular weight excluding hydrogens is 631 g/mol. The van der Waals surface area contributed by atoms with Gasteiger partial charge in [0.2, 0.25) is 0 Å². The second-order valence-corrected chi connectivity index (χ2v) is 14.1. The van der Waals surface area contributed by atoms with Gasteiger partial charge < -0.3 is 4.42 Å². The number of pyridine rings is 1. The molecule has 8 aromatic carbocycles. The van der Waals surface area contributed by atoms with Gasteiger partial charge in [-0.25, -0.2) is 4.98 Å². The fourth-order valence-electron chi connectivity index (χ4n) is 9.63. The fraction of sp³-hybridized carbons (Fsp3) is 0.0200. The lowest BCUT2D eigenvalue weighted by Crippen LogP contribution is -2.25. The molecule has 0 saturated carbocycles. The van der Waals surface area contributed by atoms with Crippen LogP contribution in [0.1, 0.15) is 22.3 Å². The molecule has 0 amide bonds. The van der Waals surface area contributed by atoms with Crippen LogP contribution >= 0.6 is 0 Å². The van der Waals surface area contributed by atoms with Gasteiger partial charge in [0.15, 0.2) is 0 Å². The summed E-state index contributed by atoms with van der Waals surface area (Å²) < 4.78 is 6.40. The number of rotatable bonds is 2. The second-order valence-electron chi connectivity index (χ2n) is 14.1. The predicted octanol–water partition coefficient (Wildman–Crippen LogP) is 13.0. The number of para-hydroxylation sites is 3. The highest BCUT2D eigenvalue weighted by Gasteiger charge is 2.52. The van der Waals surface area contributed by atoms with E-state index in [1.165, 1.54) is 55.3 Å². The molecule has 0 bridgehead atoms. The molecule has 0 unspecified atom stereocenters. The summed E-state index contributed by atoms with van der Waals surface area (Å²) in [4.78, 5) is 5.38. The summed E-state index contributed by atoms with van der Waals surface area (Å²) in [6, 6.07) is 64.0. The maximum atomic E-state index is 6.40. The molecule has 12 rings (SSSR count). The zero-order valence-electron chi connectivity index (χ0n) is 28.1. The van der Waals surface area contributed by atoms with Crippen LogP contribution in [0.5, 0.6) is 0 Å². The van der Waals surface area contributed by atoms with Crippen molar-refractivity contribution in [2.24, 2.45) is 0 Å². The van der Waals surface area contributed by atoms with Crippen LogP contribution in [0.15, 0.2) is 180 Å². The smallest absolute Gasteiger partial charge is 0.143 e. The normalized spacial score (nSPS) is 13.5. The molecule has 0 atom stereocenters. The summed E-state index contributed by atoms with van der Waals surface area (Å²) in [6.07, 6.45) is 0. The molecule has 240 valence electrons. The Morgan fingerprint density at radius 1 is 0.385 bits per heavy atom. The fourth-order valence-corrected chi connectivity index (χ4v) is 9.63. The Morgan fingerprint density at radius 2 is 0.962 bits per heavy atom. The Hall–Kier alpha value is -6.77. The van der Waals surface area contributed by atoms with Crippen molar-refractivity contribution in [1.82, 2.24) is 4.98 Å². The monoisotopic (exact) mass is 659 g/mol. The van der Waals surface area contributed by atoms with Crippen LogP contribution in [0.25, 0.3) is 88.3 Å². The van der Waals surface area contributed by atoms with Crippen molar-refractivity contribution in [3.8, 4) is 44.6 Å². The number of hydrogen-bond donors (Lipinski definition) is 0. The maximum Gasteiger partial charge on any atom is 0.143 e.